The van der Waals surface area contributed by atoms with Gasteiger partial charge in [-0.25, -0.2) is 4.39 Å². The maximum Gasteiger partial charge on any atom is 0.141 e. The van der Waals surface area contributed by atoms with Crippen LogP contribution in [0.2, 0.25) is 0 Å². The molecule has 0 bridgehead atoms. The number of ether oxygens (including phenoxy) is 1. The van der Waals surface area contributed by atoms with Gasteiger partial charge in [-0.15, -0.1) is 0 Å². The van der Waals surface area contributed by atoms with Crippen LogP contribution < -0.4 is 16.0 Å². The minimum atomic E-state index is -0.278. The highest BCUT2D eigenvalue weighted by atomic mass is 79.9. The molecule has 4 nitrogen and oxygen atoms in total. The van der Waals surface area contributed by atoms with Gasteiger partial charge >= 0.3 is 0 Å². The Morgan fingerprint density at radius 1 is 1.45 bits per heavy atom. The standard InChI is InChI=1S/C14H15BrFN3O/c1-20-14-8-18-5-4-11(14)13(19-17)6-9-2-3-10(16)7-12(9)15/h2-5,7-8,13,19H,6,17H2,1H3. The number of hydrazine groups is 1. The van der Waals surface area contributed by atoms with Crippen molar-refractivity contribution in [2.45, 2.75) is 12.5 Å². The van der Waals surface area contributed by atoms with E-state index in [0.717, 1.165) is 11.1 Å². The second-order valence-electron chi connectivity index (χ2n) is 4.28. The Labute approximate surface area is 125 Å². The first-order valence-electron chi connectivity index (χ1n) is 6.03. The Morgan fingerprint density at radius 3 is 2.90 bits per heavy atom. The fourth-order valence-electron chi connectivity index (χ4n) is 2.01. The maximum absolute atomic E-state index is 13.1. The molecule has 1 heterocycles. The molecule has 0 fully saturated rings. The van der Waals surface area contributed by atoms with Crippen molar-refractivity contribution in [1.29, 1.82) is 0 Å². The second-order valence-corrected chi connectivity index (χ2v) is 5.13. The summed E-state index contributed by atoms with van der Waals surface area (Å²) in [5.41, 5.74) is 4.62. The molecule has 1 atom stereocenters. The van der Waals surface area contributed by atoms with E-state index in [-0.39, 0.29) is 11.9 Å². The van der Waals surface area contributed by atoms with E-state index in [1.807, 2.05) is 6.07 Å². The molecule has 1 unspecified atom stereocenters. The van der Waals surface area contributed by atoms with Crippen molar-refractivity contribution in [3.63, 3.8) is 0 Å². The van der Waals surface area contributed by atoms with E-state index in [9.17, 15) is 4.39 Å². The van der Waals surface area contributed by atoms with Crippen molar-refractivity contribution in [3.05, 3.63) is 58.1 Å². The first kappa shape index (κ1) is 14.9. The van der Waals surface area contributed by atoms with Gasteiger partial charge in [-0.05, 0) is 30.2 Å². The van der Waals surface area contributed by atoms with Gasteiger partial charge in [0.1, 0.15) is 11.6 Å². The third-order valence-electron chi connectivity index (χ3n) is 3.05. The largest absolute Gasteiger partial charge is 0.495 e. The van der Waals surface area contributed by atoms with Crippen molar-refractivity contribution in [2.24, 2.45) is 5.84 Å². The van der Waals surface area contributed by atoms with E-state index in [0.29, 0.717) is 16.6 Å². The molecule has 2 aromatic rings. The van der Waals surface area contributed by atoms with Crippen LogP contribution in [-0.2, 0) is 6.42 Å². The van der Waals surface area contributed by atoms with Crippen molar-refractivity contribution in [1.82, 2.24) is 10.4 Å². The number of nitrogens with two attached hydrogens (primary N) is 1. The maximum atomic E-state index is 13.1. The lowest BCUT2D eigenvalue weighted by molar-refractivity contribution is 0.397. The summed E-state index contributed by atoms with van der Waals surface area (Å²) in [6.07, 6.45) is 3.92. The monoisotopic (exact) mass is 339 g/mol. The Morgan fingerprint density at radius 2 is 2.25 bits per heavy atom. The summed E-state index contributed by atoms with van der Waals surface area (Å²) in [6.45, 7) is 0. The van der Waals surface area contributed by atoms with Crippen LogP contribution in [0.15, 0.2) is 41.1 Å². The van der Waals surface area contributed by atoms with Gasteiger partial charge in [-0.3, -0.25) is 16.3 Å². The first-order valence-corrected chi connectivity index (χ1v) is 6.83. The minimum Gasteiger partial charge on any atom is -0.495 e. The molecule has 20 heavy (non-hydrogen) atoms. The van der Waals surface area contributed by atoms with Gasteiger partial charge in [-0.1, -0.05) is 22.0 Å². The lowest BCUT2D eigenvalue weighted by Gasteiger charge is -2.19. The number of rotatable bonds is 5. The SMILES string of the molecule is COc1cnccc1C(Cc1ccc(F)cc1Br)NN. The van der Waals surface area contributed by atoms with Crippen LogP contribution in [0.1, 0.15) is 17.2 Å². The molecule has 0 spiro atoms. The van der Waals surface area contributed by atoms with Crippen molar-refractivity contribution in [2.75, 3.05) is 7.11 Å². The molecule has 3 N–H and O–H groups in total. The van der Waals surface area contributed by atoms with Crippen molar-refractivity contribution >= 4 is 15.9 Å². The number of aromatic nitrogens is 1. The average molecular weight is 340 g/mol. The summed E-state index contributed by atoms with van der Waals surface area (Å²) < 4.78 is 19.1. The van der Waals surface area contributed by atoms with Crippen LogP contribution in [0.3, 0.4) is 0 Å². The number of benzene rings is 1. The second kappa shape index (κ2) is 6.78. The van der Waals surface area contributed by atoms with Gasteiger partial charge in [0.2, 0.25) is 0 Å². The third kappa shape index (κ3) is 3.33. The number of nitrogens with zero attached hydrogens (tertiary/aromatic N) is 1. The molecule has 0 amide bonds. The molecule has 0 aliphatic carbocycles. The molecular weight excluding hydrogens is 325 g/mol. The summed E-state index contributed by atoms with van der Waals surface area (Å²) in [5.74, 6) is 6.02. The zero-order valence-electron chi connectivity index (χ0n) is 10.9. The van der Waals surface area contributed by atoms with Crippen molar-refractivity contribution < 1.29 is 9.13 Å². The zero-order valence-corrected chi connectivity index (χ0v) is 12.5. The number of nitrogens with one attached hydrogen (secondary N) is 1. The van der Waals surface area contributed by atoms with Gasteiger partial charge in [-0.2, -0.15) is 0 Å². The fourth-order valence-corrected chi connectivity index (χ4v) is 2.53. The molecule has 0 aliphatic rings. The van der Waals surface area contributed by atoms with Crippen LogP contribution in [0.5, 0.6) is 5.75 Å². The quantitative estimate of drug-likeness (QED) is 0.649. The fraction of sp³-hybridized carbons (Fsp3) is 0.214. The molecular formula is C14H15BrFN3O. The highest BCUT2D eigenvalue weighted by Crippen LogP contribution is 2.28. The summed E-state index contributed by atoms with van der Waals surface area (Å²) in [7, 11) is 1.59. The molecule has 0 radical (unpaired) electrons. The number of pyridine rings is 1. The topological polar surface area (TPSA) is 60.2 Å². The van der Waals surface area contributed by atoms with Crippen LogP contribution >= 0.6 is 15.9 Å². The van der Waals surface area contributed by atoms with E-state index in [2.05, 4.69) is 26.3 Å². The first-order chi connectivity index (χ1) is 9.65. The zero-order chi connectivity index (χ0) is 14.5. The molecule has 0 saturated carbocycles. The summed E-state index contributed by atoms with van der Waals surface area (Å²) in [4.78, 5) is 4.02. The van der Waals surface area contributed by atoms with E-state index in [1.54, 1.807) is 25.6 Å². The van der Waals surface area contributed by atoms with E-state index in [1.165, 1.54) is 12.1 Å². The Bertz CT molecular complexity index is 594. The number of hydrogen-bond acceptors (Lipinski definition) is 4. The molecule has 0 aliphatic heterocycles. The van der Waals surface area contributed by atoms with E-state index in [4.69, 9.17) is 10.6 Å². The van der Waals surface area contributed by atoms with Crippen LogP contribution in [0.4, 0.5) is 4.39 Å². The van der Waals surface area contributed by atoms with Gasteiger partial charge in [0, 0.05) is 16.2 Å². The molecule has 0 saturated heterocycles. The van der Waals surface area contributed by atoms with Gasteiger partial charge in [0.25, 0.3) is 0 Å². The Hall–Kier alpha value is -1.50. The molecule has 6 heteroatoms. The van der Waals surface area contributed by atoms with E-state index < -0.39 is 0 Å². The molecule has 106 valence electrons. The Kier molecular flexibility index (Phi) is 5.05. The van der Waals surface area contributed by atoms with Crippen LogP contribution in [-0.4, -0.2) is 12.1 Å². The number of halogens is 2. The highest BCUT2D eigenvalue weighted by Gasteiger charge is 2.16. The van der Waals surface area contributed by atoms with Crippen molar-refractivity contribution in [3.8, 4) is 5.75 Å². The average Bonchev–Trinajstić information content (AvgIpc) is 2.46. The summed E-state index contributed by atoms with van der Waals surface area (Å²) >= 11 is 3.36. The third-order valence-corrected chi connectivity index (χ3v) is 3.79. The molecule has 1 aromatic heterocycles. The normalized spacial score (nSPS) is 12.2. The lowest BCUT2D eigenvalue weighted by Crippen LogP contribution is -2.30. The van der Waals surface area contributed by atoms with Crippen LogP contribution in [0, 0.1) is 5.82 Å². The Balaban J connectivity index is 2.29. The smallest absolute Gasteiger partial charge is 0.141 e. The lowest BCUT2D eigenvalue weighted by atomic mass is 9.99. The predicted molar refractivity (Wildman–Crippen MR) is 78.7 cm³/mol. The summed E-state index contributed by atoms with van der Waals surface area (Å²) in [5, 5.41) is 0. The van der Waals surface area contributed by atoms with Gasteiger partial charge < -0.3 is 4.74 Å². The van der Waals surface area contributed by atoms with Gasteiger partial charge in [0.15, 0.2) is 0 Å². The van der Waals surface area contributed by atoms with E-state index >= 15 is 0 Å². The highest BCUT2D eigenvalue weighted by molar-refractivity contribution is 9.10. The van der Waals surface area contributed by atoms with Gasteiger partial charge in [0.05, 0.1) is 19.3 Å². The summed E-state index contributed by atoms with van der Waals surface area (Å²) in [6, 6.07) is 6.29. The number of hydrogen-bond donors (Lipinski definition) is 2. The predicted octanol–water partition coefficient (Wildman–Crippen LogP) is 2.74. The molecule has 2 rings (SSSR count). The minimum absolute atomic E-state index is 0.158. The molecule has 1 aromatic carbocycles. The number of methoxy groups -OCH3 is 1. The van der Waals surface area contributed by atoms with Crippen LogP contribution in [0.25, 0.3) is 0 Å².